The number of methoxy groups -OCH3 is 1. The number of nitrogens with two attached hydrogens (primary N) is 1. The van der Waals surface area contributed by atoms with Crippen molar-refractivity contribution in [2.75, 3.05) is 19.5 Å². The number of ether oxygens (including phenoxy) is 2. The zero-order valence-electron chi connectivity index (χ0n) is 11.2. The van der Waals surface area contributed by atoms with Crippen LogP contribution < -0.4 is 15.2 Å². The highest BCUT2D eigenvalue weighted by Gasteiger charge is 2.13. The standard InChI is InChI=1S/C15H23NO2/c1-17-13-7-8-15(14(16)11-13)18-10-9-12-5-3-2-4-6-12/h7-8,11-12H,2-6,9-10,16H2,1H3. The van der Waals surface area contributed by atoms with Gasteiger partial charge in [-0.1, -0.05) is 32.1 Å². The highest BCUT2D eigenvalue weighted by atomic mass is 16.5. The van der Waals surface area contributed by atoms with Crippen LogP contribution in [0.4, 0.5) is 5.69 Å². The van der Waals surface area contributed by atoms with Crippen LogP contribution in [0.5, 0.6) is 11.5 Å². The van der Waals surface area contributed by atoms with Gasteiger partial charge in [0.15, 0.2) is 0 Å². The van der Waals surface area contributed by atoms with E-state index < -0.39 is 0 Å². The molecular weight excluding hydrogens is 226 g/mol. The Bertz CT molecular complexity index is 373. The van der Waals surface area contributed by atoms with Crippen LogP contribution in [0.25, 0.3) is 0 Å². The second-order valence-corrected chi connectivity index (χ2v) is 5.04. The summed E-state index contributed by atoms with van der Waals surface area (Å²) >= 11 is 0. The van der Waals surface area contributed by atoms with Gasteiger partial charge in [-0.25, -0.2) is 0 Å². The van der Waals surface area contributed by atoms with Gasteiger partial charge in [-0.3, -0.25) is 0 Å². The zero-order valence-corrected chi connectivity index (χ0v) is 11.2. The lowest BCUT2D eigenvalue weighted by atomic mass is 9.87. The molecule has 2 N–H and O–H groups in total. The van der Waals surface area contributed by atoms with Gasteiger partial charge >= 0.3 is 0 Å². The normalized spacial score (nSPS) is 16.5. The van der Waals surface area contributed by atoms with Gasteiger partial charge in [-0.2, -0.15) is 0 Å². The van der Waals surface area contributed by atoms with Crippen LogP contribution in [-0.4, -0.2) is 13.7 Å². The molecule has 1 aromatic rings. The largest absolute Gasteiger partial charge is 0.497 e. The number of hydrogen-bond acceptors (Lipinski definition) is 3. The van der Waals surface area contributed by atoms with Gasteiger partial charge in [0.25, 0.3) is 0 Å². The summed E-state index contributed by atoms with van der Waals surface area (Å²) in [7, 11) is 1.64. The molecule has 0 atom stereocenters. The van der Waals surface area contributed by atoms with Crippen molar-refractivity contribution in [2.45, 2.75) is 38.5 Å². The van der Waals surface area contributed by atoms with Crippen molar-refractivity contribution in [3.8, 4) is 11.5 Å². The number of rotatable bonds is 5. The van der Waals surface area contributed by atoms with Crippen LogP contribution in [0.2, 0.25) is 0 Å². The third kappa shape index (κ3) is 3.56. The van der Waals surface area contributed by atoms with Crippen molar-refractivity contribution in [2.24, 2.45) is 5.92 Å². The first-order valence-corrected chi connectivity index (χ1v) is 6.86. The first kappa shape index (κ1) is 13.1. The van der Waals surface area contributed by atoms with Crippen LogP contribution in [0.3, 0.4) is 0 Å². The van der Waals surface area contributed by atoms with E-state index in [1.807, 2.05) is 12.1 Å². The molecule has 0 saturated heterocycles. The van der Waals surface area contributed by atoms with Gasteiger partial charge in [-0.05, 0) is 24.5 Å². The van der Waals surface area contributed by atoms with E-state index in [4.69, 9.17) is 15.2 Å². The van der Waals surface area contributed by atoms with Gasteiger partial charge in [0.05, 0.1) is 19.4 Å². The number of hydrogen-bond donors (Lipinski definition) is 1. The average Bonchev–Trinajstić information content (AvgIpc) is 2.42. The molecule has 1 aromatic carbocycles. The Morgan fingerprint density at radius 1 is 1.22 bits per heavy atom. The number of anilines is 1. The molecule has 100 valence electrons. The first-order valence-electron chi connectivity index (χ1n) is 6.86. The summed E-state index contributed by atoms with van der Waals surface area (Å²) in [4.78, 5) is 0. The Labute approximate surface area is 109 Å². The van der Waals surface area contributed by atoms with E-state index in [0.717, 1.165) is 30.4 Å². The molecule has 0 amide bonds. The summed E-state index contributed by atoms with van der Waals surface area (Å²) in [5, 5.41) is 0. The predicted molar refractivity (Wildman–Crippen MR) is 74.1 cm³/mol. The molecule has 1 saturated carbocycles. The lowest BCUT2D eigenvalue weighted by molar-refractivity contribution is 0.247. The first-order chi connectivity index (χ1) is 8.79. The molecule has 2 rings (SSSR count). The van der Waals surface area contributed by atoms with Crippen molar-refractivity contribution < 1.29 is 9.47 Å². The summed E-state index contributed by atoms with van der Waals surface area (Å²) in [6.07, 6.45) is 8.04. The van der Waals surface area contributed by atoms with Gasteiger partial charge in [0.1, 0.15) is 11.5 Å². The van der Waals surface area contributed by atoms with Crippen molar-refractivity contribution in [1.82, 2.24) is 0 Å². The Morgan fingerprint density at radius 3 is 2.67 bits per heavy atom. The van der Waals surface area contributed by atoms with E-state index >= 15 is 0 Å². The zero-order chi connectivity index (χ0) is 12.8. The summed E-state index contributed by atoms with van der Waals surface area (Å²) < 4.78 is 10.9. The highest BCUT2D eigenvalue weighted by Crippen LogP contribution is 2.29. The topological polar surface area (TPSA) is 44.5 Å². The van der Waals surface area contributed by atoms with E-state index in [0.29, 0.717) is 5.69 Å². The van der Waals surface area contributed by atoms with Crippen LogP contribution in [0.15, 0.2) is 18.2 Å². The molecule has 0 spiro atoms. The monoisotopic (exact) mass is 249 g/mol. The summed E-state index contributed by atoms with van der Waals surface area (Å²) in [6.45, 7) is 0.765. The maximum Gasteiger partial charge on any atom is 0.142 e. The Morgan fingerprint density at radius 2 is 2.00 bits per heavy atom. The molecule has 3 heteroatoms. The Kier molecular flexibility index (Phi) is 4.73. The maximum absolute atomic E-state index is 5.91. The Balaban J connectivity index is 1.79. The van der Waals surface area contributed by atoms with Crippen molar-refractivity contribution >= 4 is 5.69 Å². The second-order valence-electron chi connectivity index (χ2n) is 5.04. The van der Waals surface area contributed by atoms with Crippen molar-refractivity contribution in [3.05, 3.63) is 18.2 Å². The molecular formula is C15H23NO2. The minimum Gasteiger partial charge on any atom is -0.497 e. The number of nitrogen functional groups attached to an aromatic ring is 1. The minimum absolute atomic E-state index is 0.651. The third-order valence-electron chi connectivity index (χ3n) is 3.73. The SMILES string of the molecule is COc1ccc(OCCC2CCCCC2)c(N)c1. The molecule has 0 aromatic heterocycles. The van der Waals surface area contributed by atoms with Crippen molar-refractivity contribution in [1.29, 1.82) is 0 Å². The van der Waals surface area contributed by atoms with Crippen molar-refractivity contribution in [3.63, 3.8) is 0 Å². The van der Waals surface area contributed by atoms with Gasteiger partial charge in [-0.15, -0.1) is 0 Å². The fourth-order valence-corrected chi connectivity index (χ4v) is 2.60. The predicted octanol–water partition coefficient (Wildman–Crippen LogP) is 3.63. The summed E-state index contributed by atoms with van der Waals surface area (Å²) in [5.41, 5.74) is 6.56. The molecule has 3 nitrogen and oxygen atoms in total. The number of benzene rings is 1. The van der Waals surface area contributed by atoms with Crippen LogP contribution in [0, 0.1) is 5.92 Å². The second kappa shape index (κ2) is 6.53. The van der Waals surface area contributed by atoms with Gasteiger partial charge in [0, 0.05) is 6.07 Å². The average molecular weight is 249 g/mol. The quantitative estimate of drug-likeness (QED) is 0.810. The minimum atomic E-state index is 0.651. The van der Waals surface area contributed by atoms with Gasteiger partial charge < -0.3 is 15.2 Å². The summed E-state index contributed by atoms with van der Waals surface area (Å²) in [6, 6.07) is 5.57. The highest BCUT2D eigenvalue weighted by molar-refractivity contribution is 5.56. The lowest BCUT2D eigenvalue weighted by Gasteiger charge is -2.21. The molecule has 1 fully saturated rings. The molecule has 0 bridgehead atoms. The van der Waals surface area contributed by atoms with E-state index in [1.165, 1.54) is 32.1 Å². The summed E-state index contributed by atoms with van der Waals surface area (Å²) in [5.74, 6) is 2.39. The fourth-order valence-electron chi connectivity index (χ4n) is 2.60. The van der Waals surface area contributed by atoms with Crippen LogP contribution in [-0.2, 0) is 0 Å². The third-order valence-corrected chi connectivity index (χ3v) is 3.73. The van der Waals surface area contributed by atoms with Crippen LogP contribution in [0.1, 0.15) is 38.5 Å². The van der Waals surface area contributed by atoms with Gasteiger partial charge in [0.2, 0.25) is 0 Å². The maximum atomic E-state index is 5.91. The smallest absolute Gasteiger partial charge is 0.142 e. The lowest BCUT2D eigenvalue weighted by Crippen LogP contribution is -2.11. The van der Waals surface area contributed by atoms with E-state index in [9.17, 15) is 0 Å². The molecule has 0 heterocycles. The fraction of sp³-hybridized carbons (Fsp3) is 0.600. The van der Waals surface area contributed by atoms with E-state index in [2.05, 4.69) is 0 Å². The van der Waals surface area contributed by atoms with E-state index in [1.54, 1.807) is 13.2 Å². The molecule has 0 aliphatic heterocycles. The Hall–Kier alpha value is -1.38. The molecule has 1 aliphatic carbocycles. The van der Waals surface area contributed by atoms with E-state index in [-0.39, 0.29) is 0 Å². The molecule has 0 unspecified atom stereocenters. The molecule has 0 radical (unpaired) electrons. The molecule has 18 heavy (non-hydrogen) atoms. The van der Waals surface area contributed by atoms with Crippen LogP contribution >= 0.6 is 0 Å². The molecule has 1 aliphatic rings.